The van der Waals surface area contributed by atoms with Gasteiger partial charge in [-0.3, -0.25) is 4.98 Å². The Morgan fingerprint density at radius 1 is 1.20 bits per heavy atom. The molecule has 0 saturated carbocycles. The minimum absolute atomic E-state index is 1.03. The van der Waals surface area contributed by atoms with Gasteiger partial charge in [0.25, 0.3) is 0 Å². The van der Waals surface area contributed by atoms with Gasteiger partial charge in [-0.25, -0.2) is 0 Å². The number of rotatable bonds is 4. The fourth-order valence-electron chi connectivity index (χ4n) is 2.59. The van der Waals surface area contributed by atoms with E-state index in [9.17, 15) is 0 Å². The summed E-state index contributed by atoms with van der Waals surface area (Å²) in [6, 6.07) is 12.7. The van der Waals surface area contributed by atoms with Crippen LogP contribution in [0.4, 0.5) is 0 Å². The van der Waals surface area contributed by atoms with E-state index in [4.69, 9.17) is 0 Å². The first-order valence-corrected chi connectivity index (χ1v) is 8.16. The van der Waals surface area contributed by atoms with Crippen molar-refractivity contribution in [2.75, 3.05) is 6.26 Å². The Morgan fingerprint density at radius 3 is 2.80 bits per heavy atom. The fraction of sp³-hybridized carbons (Fsp3) is 0.235. The minimum Gasteiger partial charge on any atom is -0.353 e. The molecule has 0 aliphatic carbocycles. The summed E-state index contributed by atoms with van der Waals surface area (Å²) in [5.41, 5.74) is 4.78. The quantitative estimate of drug-likeness (QED) is 0.689. The Morgan fingerprint density at radius 2 is 2.10 bits per heavy atom. The highest BCUT2D eigenvalue weighted by molar-refractivity contribution is 7.98. The molecule has 1 aromatic carbocycles. The molecule has 2 aromatic heterocycles. The van der Waals surface area contributed by atoms with E-state index in [-0.39, 0.29) is 0 Å². The van der Waals surface area contributed by atoms with Crippen LogP contribution in [0.1, 0.15) is 18.9 Å². The van der Waals surface area contributed by atoms with Crippen molar-refractivity contribution in [1.29, 1.82) is 0 Å². The van der Waals surface area contributed by atoms with Gasteiger partial charge in [0, 0.05) is 22.0 Å². The highest BCUT2D eigenvalue weighted by atomic mass is 32.2. The number of nitrogens with zero attached hydrogens (tertiary/aromatic N) is 1. The van der Waals surface area contributed by atoms with Gasteiger partial charge in [0.2, 0.25) is 0 Å². The van der Waals surface area contributed by atoms with Crippen molar-refractivity contribution in [1.82, 2.24) is 9.97 Å². The standard InChI is InChI=1S/C17H18N2S/c1-3-6-13-14-11-12(20-2)8-9-15(14)19-17(13)16-7-4-5-10-18-16/h4-5,7-11,19H,3,6H2,1-2H3. The maximum atomic E-state index is 4.49. The Kier molecular flexibility index (Phi) is 3.79. The molecule has 3 aromatic rings. The monoisotopic (exact) mass is 282 g/mol. The summed E-state index contributed by atoms with van der Waals surface area (Å²) >= 11 is 1.79. The number of H-pyrrole nitrogens is 1. The topological polar surface area (TPSA) is 28.7 Å². The maximum Gasteiger partial charge on any atom is 0.0867 e. The van der Waals surface area contributed by atoms with Crippen LogP contribution in [0.15, 0.2) is 47.5 Å². The van der Waals surface area contributed by atoms with Gasteiger partial charge in [-0.15, -0.1) is 11.8 Å². The van der Waals surface area contributed by atoms with Gasteiger partial charge in [-0.2, -0.15) is 0 Å². The van der Waals surface area contributed by atoms with Gasteiger partial charge in [0.05, 0.1) is 11.4 Å². The second kappa shape index (κ2) is 5.71. The number of pyridine rings is 1. The summed E-state index contributed by atoms with van der Waals surface area (Å²) < 4.78 is 0. The number of nitrogens with one attached hydrogen (secondary N) is 1. The average Bonchev–Trinajstić information content (AvgIpc) is 2.86. The van der Waals surface area contributed by atoms with Gasteiger partial charge in [-0.1, -0.05) is 19.4 Å². The molecule has 1 N–H and O–H groups in total. The zero-order valence-electron chi connectivity index (χ0n) is 11.8. The molecular weight excluding hydrogens is 264 g/mol. The van der Waals surface area contributed by atoms with Crippen LogP contribution in [-0.4, -0.2) is 16.2 Å². The molecule has 0 amide bonds. The van der Waals surface area contributed by atoms with Gasteiger partial charge < -0.3 is 4.98 Å². The zero-order chi connectivity index (χ0) is 13.9. The smallest absolute Gasteiger partial charge is 0.0867 e. The van der Waals surface area contributed by atoms with Crippen LogP contribution < -0.4 is 0 Å². The Labute approximate surface area is 123 Å². The molecule has 20 heavy (non-hydrogen) atoms. The van der Waals surface area contributed by atoms with Crippen LogP contribution in [0, 0.1) is 0 Å². The average molecular weight is 282 g/mol. The summed E-state index contributed by atoms with van der Waals surface area (Å²) in [5.74, 6) is 0. The molecule has 0 fully saturated rings. The van der Waals surface area contributed by atoms with E-state index in [1.165, 1.54) is 27.1 Å². The largest absolute Gasteiger partial charge is 0.353 e. The zero-order valence-corrected chi connectivity index (χ0v) is 12.6. The van der Waals surface area contributed by atoms with E-state index in [2.05, 4.69) is 47.4 Å². The molecule has 3 heteroatoms. The van der Waals surface area contributed by atoms with Crippen molar-refractivity contribution < 1.29 is 0 Å². The van der Waals surface area contributed by atoms with Crippen molar-refractivity contribution in [2.45, 2.75) is 24.7 Å². The molecule has 0 bridgehead atoms. The molecule has 3 rings (SSSR count). The number of benzene rings is 1. The van der Waals surface area contributed by atoms with Gasteiger partial charge >= 0.3 is 0 Å². The summed E-state index contributed by atoms with van der Waals surface area (Å²) in [5, 5.41) is 1.33. The molecular formula is C17H18N2S. The maximum absolute atomic E-state index is 4.49. The van der Waals surface area contributed by atoms with E-state index >= 15 is 0 Å². The van der Waals surface area contributed by atoms with Crippen LogP contribution in [-0.2, 0) is 6.42 Å². The Hall–Kier alpha value is -1.74. The summed E-state index contributed by atoms with van der Waals surface area (Å²) in [6.07, 6.45) is 6.18. The second-order valence-electron chi connectivity index (χ2n) is 4.86. The number of fused-ring (bicyclic) bond motifs is 1. The molecule has 2 nitrogen and oxygen atoms in total. The summed E-state index contributed by atoms with van der Waals surface area (Å²) in [7, 11) is 0. The molecule has 0 saturated heterocycles. The number of aromatic amines is 1. The molecule has 2 heterocycles. The lowest BCUT2D eigenvalue weighted by molar-refractivity contribution is 0.929. The predicted octanol–water partition coefficient (Wildman–Crippen LogP) is 4.90. The lowest BCUT2D eigenvalue weighted by Crippen LogP contribution is -1.89. The molecule has 0 spiro atoms. The molecule has 0 radical (unpaired) electrons. The van der Waals surface area contributed by atoms with E-state index in [1.807, 2.05) is 18.3 Å². The number of hydrogen-bond donors (Lipinski definition) is 1. The minimum atomic E-state index is 1.03. The van der Waals surface area contributed by atoms with Crippen molar-refractivity contribution in [2.24, 2.45) is 0 Å². The summed E-state index contributed by atoms with van der Waals surface area (Å²) in [4.78, 5) is 9.34. The number of aromatic nitrogens is 2. The van der Waals surface area contributed by atoms with Crippen LogP contribution in [0.5, 0.6) is 0 Å². The van der Waals surface area contributed by atoms with Crippen molar-refractivity contribution in [3.63, 3.8) is 0 Å². The molecule has 0 atom stereocenters. The van der Waals surface area contributed by atoms with Crippen molar-refractivity contribution in [3.05, 3.63) is 48.2 Å². The summed E-state index contributed by atoms with van der Waals surface area (Å²) in [6.45, 7) is 2.22. The third-order valence-electron chi connectivity index (χ3n) is 3.53. The first kappa shape index (κ1) is 13.3. The third-order valence-corrected chi connectivity index (χ3v) is 4.26. The molecule has 0 aliphatic rings. The van der Waals surface area contributed by atoms with Crippen LogP contribution in [0.25, 0.3) is 22.3 Å². The van der Waals surface area contributed by atoms with Gasteiger partial charge in [-0.05, 0) is 48.6 Å². The van der Waals surface area contributed by atoms with Crippen LogP contribution in [0.2, 0.25) is 0 Å². The van der Waals surface area contributed by atoms with Gasteiger partial charge in [0.1, 0.15) is 0 Å². The van der Waals surface area contributed by atoms with Gasteiger partial charge in [0.15, 0.2) is 0 Å². The first-order valence-electron chi connectivity index (χ1n) is 6.93. The lowest BCUT2D eigenvalue weighted by Gasteiger charge is -2.03. The predicted molar refractivity (Wildman–Crippen MR) is 87.3 cm³/mol. The van der Waals surface area contributed by atoms with E-state index in [1.54, 1.807) is 11.8 Å². The normalized spacial score (nSPS) is 11.1. The number of hydrogen-bond acceptors (Lipinski definition) is 2. The molecule has 0 aliphatic heterocycles. The first-order chi connectivity index (χ1) is 9.83. The molecule has 0 unspecified atom stereocenters. The van der Waals surface area contributed by atoms with Crippen LogP contribution >= 0.6 is 11.8 Å². The SMILES string of the molecule is CCCc1c(-c2ccccn2)[nH]c2ccc(SC)cc12. The molecule has 102 valence electrons. The highest BCUT2D eigenvalue weighted by Gasteiger charge is 2.13. The lowest BCUT2D eigenvalue weighted by atomic mass is 10.0. The van der Waals surface area contributed by atoms with E-state index in [0.29, 0.717) is 0 Å². The second-order valence-corrected chi connectivity index (χ2v) is 5.73. The van der Waals surface area contributed by atoms with Crippen LogP contribution in [0.3, 0.4) is 0 Å². The van der Waals surface area contributed by atoms with Crippen molar-refractivity contribution >= 4 is 22.7 Å². The number of thioether (sulfide) groups is 1. The third kappa shape index (κ3) is 2.34. The Bertz CT molecular complexity index is 716. The Balaban J connectivity index is 2.23. The van der Waals surface area contributed by atoms with E-state index in [0.717, 1.165) is 18.5 Å². The van der Waals surface area contributed by atoms with E-state index < -0.39 is 0 Å². The number of aryl methyl sites for hydroxylation is 1. The highest BCUT2D eigenvalue weighted by Crippen LogP contribution is 2.32. The van der Waals surface area contributed by atoms with Crippen molar-refractivity contribution in [3.8, 4) is 11.4 Å². The fourth-order valence-corrected chi connectivity index (χ4v) is 3.03.